The van der Waals surface area contributed by atoms with E-state index in [-0.39, 0.29) is 0 Å². The molecule has 3 N–H and O–H groups in total. The number of nitrogens with zero attached hydrogens (tertiary/aromatic N) is 2. The van der Waals surface area contributed by atoms with Gasteiger partial charge in [-0.05, 0) is 42.4 Å². The van der Waals surface area contributed by atoms with Crippen LogP contribution in [-0.4, -0.2) is 24.0 Å². The molecule has 126 valence electrons. The molecule has 1 fully saturated rings. The molecule has 0 saturated heterocycles. The number of guanidine groups is 1. The molecule has 0 radical (unpaired) electrons. The van der Waals surface area contributed by atoms with Gasteiger partial charge in [0.2, 0.25) is 0 Å². The first-order chi connectivity index (χ1) is 11.8. The van der Waals surface area contributed by atoms with Crippen molar-refractivity contribution in [1.82, 2.24) is 10.3 Å². The highest BCUT2D eigenvalue weighted by Gasteiger charge is 2.36. The number of nitrogens with two attached hydrogens (primary N) is 1. The largest absolute Gasteiger partial charge is 0.370 e. The van der Waals surface area contributed by atoms with Gasteiger partial charge < -0.3 is 11.1 Å². The summed E-state index contributed by atoms with van der Waals surface area (Å²) in [5.74, 6) is 0.547. The Morgan fingerprint density at radius 2 is 1.92 bits per heavy atom. The third kappa shape index (κ3) is 4.57. The maximum absolute atomic E-state index is 6.04. The lowest BCUT2D eigenvalue weighted by Gasteiger charge is -2.41. The van der Waals surface area contributed by atoms with Gasteiger partial charge in [0.15, 0.2) is 5.96 Å². The van der Waals surface area contributed by atoms with Crippen molar-refractivity contribution in [3.63, 3.8) is 0 Å². The molecule has 0 aliphatic heterocycles. The highest BCUT2D eigenvalue weighted by molar-refractivity contribution is 5.77. The minimum atomic E-state index is 0.300. The number of hydrogen-bond donors (Lipinski definition) is 2. The summed E-state index contributed by atoms with van der Waals surface area (Å²) >= 11 is 0. The van der Waals surface area contributed by atoms with E-state index in [0.29, 0.717) is 11.4 Å². The second-order valence-electron chi connectivity index (χ2n) is 6.72. The predicted octanol–water partition coefficient (Wildman–Crippen LogP) is 2.94. The fourth-order valence-electron chi connectivity index (χ4n) is 3.27. The average molecular weight is 322 g/mol. The standard InChI is InChI=1S/C20H26N4/c21-19(23-14-10-18-9-4-5-13-22-18)24-16-20(11-6-12-20)15-17-7-2-1-3-8-17/h1-5,7-9,13H,6,10-12,14-16H2,(H3,21,23,24). The molecule has 0 bridgehead atoms. The van der Waals surface area contributed by atoms with Crippen LogP contribution >= 0.6 is 0 Å². The Balaban J connectivity index is 1.48. The van der Waals surface area contributed by atoms with Gasteiger partial charge in [-0.15, -0.1) is 0 Å². The van der Waals surface area contributed by atoms with E-state index in [1.807, 2.05) is 24.4 Å². The van der Waals surface area contributed by atoms with Crippen LogP contribution in [0.4, 0.5) is 0 Å². The second kappa shape index (κ2) is 7.95. The molecule has 1 aromatic carbocycles. The quantitative estimate of drug-likeness (QED) is 0.608. The first kappa shape index (κ1) is 16.5. The van der Waals surface area contributed by atoms with E-state index in [4.69, 9.17) is 5.73 Å². The average Bonchev–Trinajstić information content (AvgIpc) is 2.59. The first-order valence-corrected chi connectivity index (χ1v) is 8.73. The van der Waals surface area contributed by atoms with Crippen molar-refractivity contribution in [2.75, 3.05) is 13.1 Å². The van der Waals surface area contributed by atoms with Crippen LogP contribution in [0.2, 0.25) is 0 Å². The molecule has 1 heterocycles. The molecule has 0 spiro atoms. The van der Waals surface area contributed by atoms with Crippen LogP contribution in [0, 0.1) is 5.41 Å². The lowest BCUT2D eigenvalue weighted by molar-refractivity contribution is 0.145. The van der Waals surface area contributed by atoms with Crippen LogP contribution in [0.1, 0.15) is 30.5 Å². The normalized spacial score (nSPS) is 16.4. The summed E-state index contributed by atoms with van der Waals surface area (Å²) in [6.07, 6.45) is 7.55. The summed E-state index contributed by atoms with van der Waals surface area (Å²) in [6.45, 7) is 1.57. The van der Waals surface area contributed by atoms with Gasteiger partial charge in [-0.2, -0.15) is 0 Å². The lowest BCUT2D eigenvalue weighted by atomic mass is 9.65. The Hall–Kier alpha value is -2.36. The number of aliphatic imine (C=N–C) groups is 1. The third-order valence-electron chi connectivity index (χ3n) is 4.83. The SMILES string of the molecule is NC(=NCC1(Cc2ccccc2)CCC1)NCCc1ccccn1. The van der Waals surface area contributed by atoms with Crippen molar-refractivity contribution in [3.05, 3.63) is 66.0 Å². The molecule has 4 heteroatoms. The molecular formula is C20H26N4. The van der Waals surface area contributed by atoms with Crippen molar-refractivity contribution in [2.24, 2.45) is 16.1 Å². The summed E-state index contributed by atoms with van der Waals surface area (Å²) in [4.78, 5) is 8.92. The van der Waals surface area contributed by atoms with Gasteiger partial charge in [0, 0.05) is 31.4 Å². The summed E-state index contributed by atoms with van der Waals surface area (Å²) < 4.78 is 0. The monoisotopic (exact) mass is 322 g/mol. The van der Waals surface area contributed by atoms with E-state index >= 15 is 0 Å². The predicted molar refractivity (Wildman–Crippen MR) is 98.9 cm³/mol. The lowest BCUT2D eigenvalue weighted by Crippen LogP contribution is -2.38. The molecular weight excluding hydrogens is 296 g/mol. The Morgan fingerprint density at radius 3 is 2.58 bits per heavy atom. The number of nitrogens with one attached hydrogen (secondary N) is 1. The zero-order chi connectivity index (χ0) is 16.7. The smallest absolute Gasteiger partial charge is 0.188 e. The molecule has 2 aromatic rings. The Labute approximate surface area is 144 Å². The molecule has 1 aromatic heterocycles. The Morgan fingerprint density at radius 1 is 1.12 bits per heavy atom. The van der Waals surface area contributed by atoms with Gasteiger partial charge in [-0.1, -0.05) is 42.8 Å². The van der Waals surface area contributed by atoms with E-state index < -0.39 is 0 Å². The summed E-state index contributed by atoms with van der Waals surface area (Å²) in [5, 5.41) is 3.20. The van der Waals surface area contributed by atoms with Crippen molar-refractivity contribution in [3.8, 4) is 0 Å². The van der Waals surface area contributed by atoms with E-state index in [1.54, 1.807) is 0 Å². The van der Waals surface area contributed by atoms with Gasteiger partial charge in [-0.25, -0.2) is 0 Å². The van der Waals surface area contributed by atoms with Crippen molar-refractivity contribution >= 4 is 5.96 Å². The van der Waals surface area contributed by atoms with Gasteiger partial charge >= 0.3 is 0 Å². The highest BCUT2D eigenvalue weighted by atomic mass is 15.1. The summed E-state index contributed by atoms with van der Waals surface area (Å²) in [6, 6.07) is 16.7. The maximum Gasteiger partial charge on any atom is 0.188 e. The third-order valence-corrected chi connectivity index (χ3v) is 4.83. The molecule has 3 rings (SSSR count). The Bertz CT molecular complexity index is 648. The maximum atomic E-state index is 6.04. The van der Waals surface area contributed by atoms with E-state index in [0.717, 1.165) is 31.6 Å². The number of hydrogen-bond acceptors (Lipinski definition) is 2. The van der Waals surface area contributed by atoms with E-state index in [1.165, 1.54) is 24.8 Å². The molecule has 4 nitrogen and oxygen atoms in total. The number of rotatable bonds is 7. The minimum absolute atomic E-state index is 0.300. The summed E-state index contributed by atoms with van der Waals surface area (Å²) in [7, 11) is 0. The van der Waals surface area contributed by atoms with Gasteiger partial charge in [-0.3, -0.25) is 9.98 Å². The van der Waals surface area contributed by atoms with Crippen LogP contribution < -0.4 is 11.1 Å². The van der Waals surface area contributed by atoms with Crippen LogP contribution in [0.25, 0.3) is 0 Å². The van der Waals surface area contributed by atoms with Gasteiger partial charge in [0.05, 0.1) is 0 Å². The molecule has 24 heavy (non-hydrogen) atoms. The van der Waals surface area contributed by atoms with Crippen LogP contribution in [0.3, 0.4) is 0 Å². The topological polar surface area (TPSA) is 63.3 Å². The second-order valence-corrected chi connectivity index (χ2v) is 6.72. The van der Waals surface area contributed by atoms with E-state index in [9.17, 15) is 0 Å². The fraction of sp³-hybridized carbons (Fsp3) is 0.400. The Kier molecular flexibility index (Phi) is 5.47. The van der Waals surface area contributed by atoms with Crippen LogP contribution in [-0.2, 0) is 12.8 Å². The number of pyridine rings is 1. The highest BCUT2D eigenvalue weighted by Crippen LogP contribution is 2.43. The van der Waals surface area contributed by atoms with Crippen molar-refractivity contribution in [1.29, 1.82) is 0 Å². The molecule has 1 aliphatic rings. The zero-order valence-electron chi connectivity index (χ0n) is 14.1. The van der Waals surface area contributed by atoms with Gasteiger partial charge in [0.25, 0.3) is 0 Å². The van der Waals surface area contributed by atoms with Crippen molar-refractivity contribution in [2.45, 2.75) is 32.1 Å². The first-order valence-electron chi connectivity index (χ1n) is 8.73. The molecule has 0 amide bonds. The molecule has 0 unspecified atom stereocenters. The minimum Gasteiger partial charge on any atom is -0.370 e. The summed E-state index contributed by atoms with van der Waals surface area (Å²) in [5.41, 5.74) is 8.80. The van der Waals surface area contributed by atoms with E-state index in [2.05, 4.69) is 45.6 Å². The molecule has 1 saturated carbocycles. The van der Waals surface area contributed by atoms with Gasteiger partial charge in [0.1, 0.15) is 0 Å². The molecule has 1 aliphatic carbocycles. The van der Waals surface area contributed by atoms with Crippen molar-refractivity contribution < 1.29 is 0 Å². The molecule has 0 atom stereocenters. The number of aromatic nitrogens is 1. The fourth-order valence-corrected chi connectivity index (χ4v) is 3.27. The number of benzene rings is 1. The van der Waals surface area contributed by atoms with Crippen LogP contribution in [0.15, 0.2) is 59.7 Å². The van der Waals surface area contributed by atoms with Crippen LogP contribution in [0.5, 0.6) is 0 Å². The zero-order valence-corrected chi connectivity index (χ0v) is 14.1.